The first-order chi connectivity index (χ1) is 64.2. The number of fused-ring (bicyclic) bond motifs is 6. The molecule has 13 aliphatic rings. The maximum atomic E-state index is 12.5. The number of aliphatic hydroxyl groups is 3. The number of rotatable bonds is 27. The predicted molar refractivity (Wildman–Crippen MR) is 574 cm³/mol. The molecule has 0 saturated heterocycles. The van der Waals surface area contributed by atoms with Gasteiger partial charge in [0.1, 0.15) is 18.5 Å². The predicted octanol–water partition coefficient (Wildman–Crippen LogP) is 30.1. The molecule has 0 spiro atoms. The minimum Gasteiger partial charge on any atom is -1.00 e. The van der Waals surface area contributed by atoms with Crippen molar-refractivity contribution in [3.63, 3.8) is 0 Å². The molecule has 31 atom stereocenters. The monoisotopic (exact) mass is 1920 g/mol. The fourth-order valence-corrected chi connectivity index (χ4v) is 32.0. The molecule has 13 fully saturated rings. The van der Waals surface area contributed by atoms with Crippen LogP contribution in [0.3, 0.4) is 0 Å². The number of halogens is 1. The summed E-state index contributed by atoms with van der Waals surface area (Å²) >= 11 is 0. The molecule has 0 unspecified atom stereocenters. The molecule has 15 rings (SSSR count). The molecule has 0 aromatic heterocycles. The van der Waals surface area contributed by atoms with E-state index in [0.29, 0.717) is 92.7 Å². The van der Waals surface area contributed by atoms with Gasteiger partial charge < -0.3 is 54.1 Å². The van der Waals surface area contributed by atoms with Gasteiger partial charge in [-0.05, 0) is 367 Å². The van der Waals surface area contributed by atoms with E-state index in [4.69, 9.17) is 9.47 Å². The zero-order valence-electron chi connectivity index (χ0n) is 92.0. The van der Waals surface area contributed by atoms with Crippen molar-refractivity contribution in [3.8, 4) is 0 Å². The Bertz CT molecular complexity index is 3990. The van der Waals surface area contributed by atoms with Crippen LogP contribution in [-0.4, -0.2) is 99.0 Å². The van der Waals surface area contributed by atoms with Crippen molar-refractivity contribution in [3.05, 3.63) is 126 Å². The summed E-state index contributed by atoms with van der Waals surface area (Å²) in [5.74, 6) is 17.3. The van der Waals surface area contributed by atoms with E-state index >= 15 is 0 Å². The topological polar surface area (TPSA) is 163 Å². The Morgan fingerprint density at radius 2 is 0.905 bits per heavy atom. The number of aldehydes is 1. The number of esters is 2. The fourth-order valence-electron chi connectivity index (χ4n) is 32.0. The van der Waals surface area contributed by atoms with E-state index in [2.05, 4.69) is 195 Å². The third-order valence-electron chi connectivity index (χ3n) is 40.6. The number of nitrogens with zero attached hydrogens (tertiary/aromatic N) is 1. The van der Waals surface area contributed by atoms with Gasteiger partial charge in [-0.25, -0.2) is 9.59 Å². The molecule has 0 heterocycles. The van der Waals surface area contributed by atoms with Crippen LogP contribution in [0.4, 0.5) is 0 Å². The van der Waals surface area contributed by atoms with Gasteiger partial charge in [0.25, 0.3) is 0 Å². The van der Waals surface area contributed by atoms with E-state index in [9.17, 15) is 34.9 Å². The molecular weight excluding hydrogens is 1720 g/mol. The number of benzene rings is 2. The first-order valence-corrected chi connectivity index (χ1v) is 56.8. The Morgan fingerprint density at radius 3 is 1.38 bits per heavy atom. The van der Waals surface area contributed by atoms with Crippen LogP contribution >= 0.6 is 0 Å². The van der Waals surface area contributed by atoms with Gasteiger partial charge in [-0.3, -0.25) is 0 Å². The standard InChI is InChI=1S/C28H44O.C21H30O2.C20H26O3.C19H36.C18H33NO2.C14H26O.C5H11.ClH.Mg/c1-19(2)20(3)9-10-22(5)26-15-16-27-23(8-7-17-28(26,27)6)12-13-24-18-25(29)14-11-21(24)4;1-4-15(2)17-12-13-18-19(11-8-14-21(17,18)3)23-20(22)16-9-6-5-7-10-16;1-14(13-21)16-10-11-17-18(9-6-12-20(16,17)2)23-19(22)15-7-4-3-5-8-15;1-14(2)8-6-9-15(3)17-11-12-18-16(4)10-7-13-19(17,18)5;1-13(2)6-4-7-14(3)15-9-10-16-17(20)8-5-11-18(15,16)12-19-21;1-10-5-4-8-14(3)12(10)6-7-13(14)11(2)9-15;1-4-5(2)3;;/h9-10,12-13,19-20,22,25-27,29H,4,7-8,11,14-18H2,1-3,5-6H3;5-7,9-10,15,17-19H,4,8,11-14H2,1-3H3;3-5,7-8,13-14,16-18H,6,9-12H2,1-2H3;14-18H,6-13H2,1-5H3;12-17,20-21H,4-11H2,1-3H3;10-13,15H,4-9H2,1-3H3;5H,1,4H2,2-3H3;1H;/q;;;;;;-1;;+2/p-1/b10-9+,23-12+,24-13-;;;;19-12+;;;;/t20-,22+,25-,26+,27-,28+;15-,17+,18-,19-,21+;14-,16-,17+,18+,20-;15-,16-,17+,18-,19+;14-,15+,16-,17-,18-;10-,11+,12-,13+,14-;;;/m001000.../s1. The first-order valence-electron chi connectivity index (χ1n) is 56.8. The van der Waals surface area contributed by atoms with Crippen LogP contribution in [-0.2, 0) is 14.3 Å². The van der Waals surface area contributed by atoms with Crippen LogP contribution in [0.1, 0.15) is 443 Å². The summed E-state index contributed by atoms with van der Waals surface area (Å²) in [5.41, 5.74) is 7.56. The van der Waals surface area contributed by atoms with Gasteiger partial charge in [-0.15, -0.1) is 5.16 Å². The molecule has 0 aliphatic heterocycles. The Labute approximate surface area is 863 Å². The van der Waals surface area contributed by atoms with Gasteiger partial charge in [0, 0.05) is 29.8 Å². The summed E-state index contributed by atoms with van der Waals surface area (Å²) in [7, 11) is 0. The number of hydrogen-bond acceptors (Lipinski definition) is 10. The minimum atomic E-state index is -0.216. The number of allylic oxidation sites excluding steroid dienone is 6. The van der Waals surface area contributed by atoms with Crippen LogP contribution in [0.2, 0.25) is 0 Å². The Balaban J connectivity index is 0.000000223. The molecule has 10 nitrogen and oxygen atoms in total. The summed E-state index contributed by atoms with van der Waals surface area (Å²) < 4.78 is 11.9. The smallest absolute Gasteiger partial charge is 1.00 e. The number of carbonyl (C=O) groups is 3. The normalized spacial score (nSPS) is 36.7. The molecule has 0 amide bonds. The number of oxime groups is 1. The van der Waals surface area contributed by atoms with E-state index in [-0.39, 0.29) is 88.6 Å². The van der Waals surface area contributed by atoms with Crippen LogP contribution < -0.4 is 12.4 Å². The second-order valence-electron chi connectivity index (χ2n) is 50.6. The average Bonchev–Trinajstić information content (AvgIpc) is 1.64. The summed E-state index contributed by atoms with van der Waals surface area (Å²) in [4.78, 5) is 36.1. The van der Waals surface area contributed by atoms with Crippen molar-refractivity contribution >= 4 is 47.5 Å². The second kappa shape index (κ2) is 56.4. The molecule has 13 aliphatic carbocycles. The van der Waals surface area contributed by atoms with Crippen LogP contribution in [0, 0.1) is 187 Å². The quantitative estimate of drug-likeness (QED) is 0.00997. The van der Waals surface area contributed by atoms with Crippen LogP contribution in [0.25, 0.3) is 0 Å². The number of hydrogen-bond donors (Lipinski definition) is 4. The Morgan fingerprint density at radius 1 is 0.482 bits per heavy atom. The summed E-state index contributed by atoms with van der Waals surface area (Å²) in [6, 6.07) is 18.7. The third-order valence-corrected chi connectivity index (χ3v) is 40.6. The van der Waals surface area contributed by atoms with Gasteiger partial charge >= 0.3 is 35.0 Å². The molecule has 12 heteroatoms. The molecule has 774 valence electrons. The van der Waals surface area contributed by atoms with Crippen molar-refractivity contribution in [1.82, 2.24) is 0 Å². The molecule has 0 bridgehead atoms. The van der Waals surface area contributed by atoms with E-state index in [1.807, 2.05) is 55.5 Å². The minimum absolute atomic E-state index is 0. The molecule has 13 saturated carbocycles. The van der Waals surface area contributed by atoms with E-state index in [0.717, 1.165) is 185 Å². The SMILES string of the molecule is C=C1CC[C@H](O)C/C1=C/C=C1\CCC[C@]2(C)[C@@H]([C@H](C)/C=C/[C@H](C)C(C)C)CC[C@@H]12.CC(C)CCC[C@H](C)[C@H]1CC[C@H]2[C@@H](C)CCC[C@]12C.CC(C)CCC[C@H](C)[C@H]1CC[C@H]2[C@@H](O)CCC[C@]12/C=N/O.CC[C@H](C)[C@H]1CC[C@H]2[C@@H](OC(=O)c3ccccc3)CCC[C@]12C.C[C@H](C=O)[C@H]1CC[C@H]2[C@@H](OC(=O)c3ccccc3)CCC[C@]12C.C[C@H](CO)[C@H]1CC[C@H]2[C@@H](C)CCC[C@]12C.[CH2-]CC(C)C.[Cl-].[Mg+2]. The van der Waals surface area contributed by atoms with Crippen molar-refractivity contribution in [2.24, 2.45) is 186 Å². The van der Waals surface area contributed by atoms with Gasteiger partial charge in [-0.2, -0.15) is 6.42 Å². The summed E-state index contributed by atoms with van der Waals surface area (Å²) in [5, 5.41) is 42.4. The van der Waals surface area contributed by atoms with Crippen LogP contribution in [0.15, 0.2) is 113 Å². The average molecular weight is 1930 g/mol. The Kier molecular flexibility index (Phi) is 49.5. The van der Waals surface area contributed by atoms with Gasteiger partial charge in [-0.1, -0.05) is 314 Å². The second-order valence-corrected chi connectivity index (χ2v) is 50.6. The maximum Gasteiger partial charge on any atom is 2.00 e. The Hall–Kier alpha value is -3.58. The summed E-state index contributed by atoms with van der Waals surface area (Å²) in [6.07, 6.45) is 63.2. The maximum absolute atomic E-state index is 12.5. The first kappa shape index (κ1) is 120. The van der Waals surface area contributed by atoms with Crippen LogP contribution in [0.5, 0.6) is 0 Å². The largest absolute Gasteiger partial charge is 2.00 e. The van der Waals surface area contributed by atoms with Crippen molar-refractivity contribution < 1.29 is 56.8 Å². The number of ether oxygens (including phenoxy) is 2. The zero-order valence-corrected chi connectivity index (χ0v) is 94.1. The molecular formula is C125H206ClMgNO9. The van der Waals surface area contributed by atoms with Crippen molar-refractivity contribution in [2.45, 2.75) is 447 Å². The van der Waals surface area contributed by atoms with Gasteiger partial charge in [0.2, 0.25) is 0 Å². The zero-order chi connectivity index (χ0) is 98.9. The molecule has 4 N–H and O–H groups in total. The molecule has 2 aromatic rings. The summed E-state index contributed by atoms with van der Waals surface area (Å²) in [6.45, 7) is 62.7. The molecule has 137 heavy (non-hydrogen) atoms. The van der Waals surface area contributed by atoms with Gasteiger partial charge in [0.05, 0.1) is 29.5 Å². The van der Waals surface area contributed by atoms with E-state index in [1.54, 1.807) is 23.9 Å². The number of aliphatic hydroxyl groups excluding tert-OH is 3. The molecule has 0 radical (unpaired) electrons. The van der Waals surface area contributed by atoms with Gasteiger partial charge in [0.15, 0.2) is 0 Å². The van der Waals surface area contributed by atoms with Crippen molar-refractivity contribution in [2.75, 3.05) is 6.61 Å². The third kappa shape index (κ3) is 30.6. The number of carbonyl (C=O) groups excluding carboxylic acids is 3. The van der Waals surface area contributed by atoms with E-state index < -0.39 is 0 Å². The van der Waals surface area contributed by atoms with E-state index in [1.165, 1.54) is 185 Å². The molecule has 2 aromatic carbocycles. The fraction of sp³-hybridized carbons (Fsp3) is 0.800. The van der Waals surface area contributed by atoms with Crippen molar-refractivity contribution in [1.29, 1.82) is 0 Å².